The van der Waals surface area contributed by atoms with Gasteiger partial charge in [0, 0.05) is 44.7 Å². The highest BCUT2D eigenvalue weighted by Crippen LogP contribution is 2.50. The Kier molecular flexibility index (Phi) is 24.0. The highest BCUT2D eigenvalue weighted by Gasteiger charge is 2.38. The molecule has 10 nitrogen and oxygen atoms in total. The number of nitro groups is 1. The summed E-state index contributed by atoms with van der Waals surface area (Å²) in [7, 11) is -0.751. The maximum atomic E-state index is 14.1. The van der Waals surface area contributed by atoms with Crippen molar-refractivity contribution >= 4 is 48.3 Å². The predicted octanol–water partition coefficient (Wildman–Crippen LogP) is 14.7. The van der Waals surface area contributed by atoms with Gasteiger partial charge in [-0.25, -0.2) is 4.79 Å². The van der Waals surface area contributed by atoms with E-state index in [0.717, 1.165) is 76.0 Å². The van der Waals surface area contributed by atoms with Crippen molar-refractivity contribution in [3.8, 4) is 5.75 Å². The Labute approximate surface area is 471 Å². The number of carbonyl (C=O) groups excluding carboxylic acids is 2. The third-order valence-electron chi connectivity index (χ3n) is 14.3. The molecule has 0 aromatic heterocycles. The Morgan fingerprint density at radius 3 is 1.23 bits per heavy atom. The first kappa shape index (κ1) is 59.0. The first-order valence-electron chi connectivity index (χ1n) is 27.7. The van der Waals surface area contributed by atoms with Crippen LogP contribution in [-0.4, -0.2) is 82.9 Å². The van der Waals surface area contributed by atoms with Crippen molar-refractivity contribution in [3.05, 3.63) is 250 Å². The van der Waals surface area contributed by atoms with Gasteiger partial charge >= 0.3 is 13.1 Å². The van der Waals surface area contributed by atoms with Gasteiger partial charge in [-0.3, -0.25) is 14.9 Å². The Hall–Kier alpha value is -6.64. The summed E-state index contributed by atoms with van der Waals surface area (Å²) in [5, 5.41) is 24.2. The molecule has 7 aromatic rings. The van der Waals surface area contributed by atoms with E-state index in [1.54, 1.807) is 6.82 Å². The fraction of sp³-hybridized carbons (Fsp3) is 0.323. The van der Waals surface area contributed by atoms with Crippen LogP contribution in [0.1, 0.15) is 104 Å². The first-order chi connectivity index (χ1) is 38.2. The number of thioether (sulfide) groups is 2. The van der Waals surface area contributed by atoms with E-state index < -0.39 is 18.1 Å². The highest BCUT2D eigenvalue weighted by atomic mass is 32.2. The fourth-order valence-electron chi connectivity index (χ4n) is 10.2. The van der Waals surface area contributed by atoms with E-state index in [1.807, 2.05) is 28.3 Å². The smallest absolute Gasteiger partial charge is 0.412 e. The second-order valence-electron chi connectivity index (χ2n) is 19.7. The van der Waals surface area contributed by atoms with Crippen molar-refractivity contribution in [1.29, 1.82) is 0 Å². The molecule has 13 heteroatoms. The maximum Gasteiger partial charge on any atom is 0.412 e. The molecule has 0 saturated heterocycles. The summed E-state index contributed by atoms with van der Waals surface area (Å²) in [4.78, 5) is 40.9. The molecule has 406 valence electrons. The predicted molar refractivity (Wildman–Crippen MR) is 323 cm³/mol. The molecule has 0 spiro atoms. The topological polar surface area (TPSA) is 125 Å². The molecule has 0 aliphatic carbocycles. The lowest BCUT2D eigenvalue weighted by atomic mass is 9.84. The largest absolute Gasteiger partial charge is 0.437 e. The number of unbranched alkanes of at least 4 members (excludes halogenated alkanes) is 7. The number of rotatable bonds is 33. The van der Waals surface area contributed by atoms with Crippen LogP contribution in [0.2, 0.25) is 6.82 Å². The van der Waals surface area contributed by atoms with E-state index in [1.165, 1.54) is 57.6 Å². The summed E-state index contributed by atoms with van der Waals surface area (Å²) in [6.07, 6.45) is 9.42. The molecule has 0 radical (unpaired) electrons. The van der Waals surface area contributed by atoms with Gasteiger partial charge < -0.3 is 24.8 Å². The lowest BCUT2D eigenvalue weighted by molar-refractivity contribution is -0.384. The summed E-state index contributed by atoms with van der Waals surface area (Å²) in [6, 6.07) is 70.5. The van der Waals surface area contributed by atoms with Crippen LogP contribution in [-0.2, 0) is 14.3 Å². The van der Waals surface area contributed by atoms with Crippen LogP contribution in [0, 0.1) is 10.1 Å². The van der Waals surface area contributed by atoms with E-state index in [4.69, 9.17) is 4.74 Å². The number of nitro benzene ring substituents is 1. The molecular formula is C65H75BN4O6S2. The summed E-state index contributed by atoms with van der Waals surface area (Å²) >= 11 is 4.02. The second-order valence-corrected chi connectivity index (χ2v) is 22.3. The van der Waals surface area contributed by atoms with Crippen molar-refractivity contribution in [2.45, 2.75) is 86.9 Å². The Bertz CT molecular complexity index is 2490. The van der Waals surface area contributed by atoms with Gasteiger partial charge in [0.05, 0.1) is 14.4 Å². The lowest BCUT2D eigenvalue weighted by Gasteiger charge is -2.35. The van der Waals surface area contributed by atoms with E-state index in [0.29, 0.717) is 32.4 Å². The van der Waals surface area contributed by atoms with Gasteiger partial charge in [0.1, 0.15) is 5.75 Å². The van der Waals surface area contributed by atoms with Crippen LogP contribution >= 0.6 is 23.5 Å². The molecule has 78 heavy (non-hydrogen) atoms. The van der Waals surface area contributed by atoms with Crippen molar-refractivity contribution in [2.75, 3.05) is 44.2 Å². The SMILES string of the molecule is CB(O)N(CCCCC(=O)N(CCCCCCSC(c1ccccc1)(c1ccccc1)c1ccccc1)CCCCCCSC(c1ccccc1)(c1ccccc1)c1ccccc1)CCNC(=O)Oc1ccc([N+](=O)[O-])cc1. The van der Waals surface area contributed by atoms with Gasteiger partial charge in [0.2, 0.25) is 5.91 Å². The van der Waals surface area contributed by atoms with Crippen LogP contribution < -0.4 is 10.1 Å². The lowest BCUT2D eigenvalue weighted by Crippen LogP contribution is -2.43. The van der Waals surface area contributed by atoms with Crippen molar-refractivity contribution in [1.82, 2.24) is 15.0 Å². The minimum Gasteiger partial charge on any atom is -0.437 e. The monoisotopic (exact) mass is 1080 g/mol. The zero-order valence-corrected chi connectivity index (χ0v) is 46.7. The number of carbonyl (C=O) groups is 2. The molecule has 0 aliphatic heterocycles. The van der Waals surface area contributed by atoms with Gasteiger partial charge in [-0.1, -0.05) is 208 Å². The number of non-ortho nitro benzene ring substituents is 1. The molecule has 0 bridgehead atoms. The standard InChI is InChI=1S/C65H75BN4O6S2/c1-66(73)69(51-47-67-63(72)76-61-45-43-60(44-46-61)70(74)75)50-27-24-42-62(71)68(48-25-2-4-28-52-77-64(54-30-12-6-13-31-54,55-32-14-7-15-33-55)56-34-16-8-17-35-56)49-26-3-5-29-53-78-65(57-36-18-9-19-37-57,58-38-20-10-21-39-58)59-40-22-11-23-41-59/h6-23,30-41,43-46,73H,2-5,24-29,42,47-53H2,1H3,(H,67,72). The number of benzene rings is 7. The number of hydrogen-bond acceptors (Lipinski definition) is 9. The molecule has 2 N–H and O–H groups in total. The Balaban J connectivity index is 0.918. The van der Waals surface area contributed by atoms with Crippen molar-refractivity contribution in [2.24, 2.45) is 0 Å². The van der Waals surface area contributed by atoms with E-state index in [-0.39, 0.29) is 33.4 Å². The van der Waals surface area contributed by atoms with Gasteiger partial charge in [0.15, 0.2) is 0 Å². The normalized spacial score (nSPS) is 11.5. The summed E-state index contributed by atoms with van der Waals surface area (Å²) in [5.41, 5.74) is 7.55. The van der Waals surface area contributed by atoms with Crippen LogP contribution in [0.25, 0.3) is 0 Å². The summed E-state index contributed by atoms with van der Waals surface area (Å²) < 4.78 is 4.59. The molecule has 7 rings (SSSR count). The van der Waals surface area contributed by atoms with Gasteiger partial charge in [-0.2, -0.15) is 0 Å². The van der Waals surface area contributed by atoms with Crippen LogP contribution in [0.15, 0.2) is 206 Å². The van der Waals surface area contributed by atoms with Gasteiger partial charge in [0.25, 0.3) is 5.69 Å². The average molecular weight is 1080 g/mol. The van der Waals surface area contributed by atoms with E-state index in [2.05, 4.69) is 192 Å². The number of nitrogens with one attached hydrogen (secondary N) is 1. The molecule has 0 aliphatic rings. The molecule has 0 atom stereocenters. The molecule has 0 heterocycles. The molecule has 7 aromatic carbocycles. The van der Waals surface area contributed by atoms with E-state index in [9.17, 15) is 24.7 Å². The first-order valence-corrected chi connectivity index (χ1v) is 29.7. The Morgan fingerprint density at radius 2 is 0.872 bits per heavy atom. The molecule has 0 unspecified atom stereocenters. The number of ether oxygens (including phenoxy) is 1. The van der Waals surface area contributed by atoms with Crippen LogP contribution in [0.5, 0.6) is 5.75 Å². The van der Waals surface area contributed by atoms with Crippen LogP contribution in [0.4, 0.5) is 10.5 Å². The number of amides is 2. The van der Waals surface area contributed by atoms with E-state index >= 15 is 0 Å². The van der Waals surface area contributed by atoms with Gasteiger partial charge in [-0.05, 0) is 109 Å². The second kappa shape index (κ2) is 31.7. The van der Waals surface area contributed by atoms with Crippen LogP contribution in [0.3, 0.4) is 0 Å². The molecule has 2 amide bonds. The molecular weight excluding hydrogens is 1010 g/mol. The molecule has 0 fully saturated rings. The zero-order valence-electron chi connectivity index (χ0n) is 45.1. The summed E-state index contributed by atoms with van der Waals surface area (Å²) in [5.74, 6) is 2.36. The van der Waals surface area contributed by atoms with Crippen molar-refractivity contribution < 1.29 is 24.3 Å². The Morgan fingerprint density at radius 1 is 0.513 bits per heavy atom. The fourth-order valence-corrected chi connectivity index (χ4v) is 13.3. The average Bonchev–Trinajstić information content (AvgIpc) is 3.64. The minimum absolute atomic E-state index is 0.0956. The van der Waals surface area contributed by atoms with Crippen molar-refractivity contribution in [3.63, 3.8) is 0 Å². The highest BCUT2D eigenvalue weighted by molar-refractivity contribution is 8.00. The third-order valence-corrected chi connectivity index (χ3v) is 17.5. The van der Waals surface area contributed by atoms with Gasteiger partial charge in [-0.15, -0.1) is 23.5 Å². The molecule has 0 saturated carbocycles. The number of hydrogen-bond donors (Lipinski definition) is 2. The third kappa shape index (κ3) is 16.9. The number of nitrogens with zero attached hydrogens (tertiary/aromatic N) is 3. The minimum atomic E-state index is -0.751. The quantitative estimate of drug-likeness (QED) is 0.0136. The zero-order chi connectivity index (χ0) is 54.7. The summed E-state index contributed by atoms with van der Waals surface area (Å²) in [6.45, 7) is 4.32. The maximum absolute atomic E-state index is 14.1.